The third kappa shape index (κ3) is 8.71. The average Bonchev–Trinajstić information content (AvgIpc) is 2.29. The van der Waals surface area contributed by atoms with Gasteiger partial charge >= 0.3 is 0 Å². The highest BCUT2D eigenvalue weighted by atomic mass is 16.3. The lowest BCUT2D eigenvalue weighted by atomic mass is 10.1. The molecule has 0 aromatic heterocycles. The second-order valence-electron chi connectivity index (χ2n) is 5.82. The molecular formula is C16H33NO. The Balaban J connectivity index is 3.68. The summed E-state index contributed by atoms with van der Waals surface area (Å²) in [7, 11) is 0. The van der Waals surface area contributed by atoms with E-state index in [-0.39, 0.29) is 6.10 Å². The molecule has 0 radical (unpaired) electrons. The number of hydrogen-bond acceptors (Lipinski definition) is 2. The smallest absolute Gasteiger partial charge is 0.0667 e. The molecule has 0 fully saturated rings. The molecule has 0 rings (SSSR count). The fraction of sp³-hybridized carbons (Fsp3) is 0.875. The van der Waals surface area contributed by atoms with Crippen LogP contribution in [0.4, 0.5) is 0 Å². The molecule has 0 spiro atoms. The highest BCUT2D eigenvalue weighted by Gasteiger charge is 2.16. The molecule has 0 heterocycles. The second kappa shape index (κ2) is 10.6. The molecule has 0 aromatic rings. The molecule has 0 amide bonds. The van der Waals surface area contributed by atoms with E-state index in [1.54, 1.807) is 0 Å². The number of aliphatic hydroxyl groups excluding tert-OH is 1. The average molecular weight is 255 g/mol. The summed E-state index contributed by atoms with van der Waals surface area (Å²) in [4.78, 5) is 2.36. The van der Waals surface area contributed by atoms with Crippen LogP contribution in [-0.4, -0.2) is 34.7 Å². The van der Waals surface area contributed by atoms with Gasteiger partial charge in [-0.05, 0) is 47.0 Å². The predicted molar refractivity (Wildman–Crippen MR) is 80.9 cm³/mol. The first kappa shape index (κ1) is 17.7. The molecule has 1 N–H and O–H groups in total. The fourth-order valence-electron chi connectivity index (χ4n) is 2.37. The Kier molecular flexibility index (Phi) is 10.4. The number of hydrogen-bond donors (Lipinski definition) is 1. The first-order chi connectivity index (χ1) is 8.49. The number of allylic oxidation sites excluding steroid dienone is 1. The molecule has 1 unspecified atom stereocenters. The van der Waals surface area contributed by atoms with E-state index in [2.05, 4.69) is 39.2 Å². The summed E-state index contributed by atoms with van der Waals surface area (Å²) in [6.07, 6.45) is 8.74. The number of aliphatic hydroxyl groups is 1. The Morgan fingerprint density at radius 3 is 2.06 bits per heavy atom. The predicted octanol–water partition coefficient (Wildman–Crippen LogP) is 3.99. The normalized spacial score (nSPS) is 13.6. The van der Waals surface area contributed by atoms with Gasteiger partial charge in [0.1, 0.15) is 0 Å². The Morgan fingerprint density at radius 1 is 1.00 bits per heavy atom. The van der Waals surface area contributed by atoms with Crippen molar-refractivity contribution in [3.05, 3.63) is 12.7 Å². The molecule has 2 heteroatoms. The SMILES string of the molecule is C=CCCCCCCC(O)CN(C(C)C)C(C)C. The van der Waals surface area contributed by atoms with Crippen LogP contribution in [0.5, 0.6) is 0 Å². The van der Waals surface area contributed by atoms with Crippen molar-refractivity contribution in [1.82, 2.24) is 4.90 Å². The third-order valence-corrected chi connectivity index (χ3v) is 3.44. The minimum atomic E-state index is -0.172. The molecule has 0 aliphatic rings. The van der Waals surface area contributed by atoms with Gasteiger partial charge in [0.05, 0.1) is 6.10 Å². The van der Waals surface area contributed by atoms with Gasteiger partial charge in [-0.2, -0.15) is 0 Å². The van der Waals surface area contributed by atoms with E-state index in [0.29, 0.717) is 12.1 Å². The van der Waals surface area contributed by atoms with Gasteiger partial charge in [-0.3, -0.25) is 4.90 Å². The van der Waals surface area contributed by atoms with Crippen molar-refractivity contribution in [3.8, 4) is 0 Å². The highest BCUT2D eigenvalue weighted by Crippen LogP contribution is 2.11. The second-order valence-corrected chi connectivity index (χ2v) is 5.82. The molecule has 0 aliphatic carbocycles. The fourth-order valence-corrected chi connectivity index (χ4v) is 2.37. The van der Waals surface area contributed by atoms with Gasteiger partial charge in [-0.25, -0.2) is 0 Å². The number of nitrogens with zero attached hydrogens (tertiary/aromatic N) is 1. The third-order valence-electron chi connectivity index (χ3n) is 3.44. The quantitative estimate of drug-likeness (QED) is 0.446. The van der Waals surface area contributed by atoms with Crippen LogP contribution in [0.2, 0.25) is 0 Å². The Morgan fingerprint density at radius 2 is 1.56 bits per heavy atom. The van der Waals surface area contributed by atoms with Crippen LogP contribution in [0, 0.1) is 0 Å². The largest absolute Gasteiger partial charge is 0.392 e. The van der Waals surface area contributed by atoms with Crippen LogP contribution in [0.3, 0.4) is 0 Å². The lowest BCUT2D eigenvalue weighted by Crippen LogP contribution is -2.42. The minimum absolute atomic E-state index is 0.172. The molecule has 2 nitrogen and oxygen atoms in total. The lowest BCUT2D eigenvalue weighted by molar-refractivity contribution is 0.0691. The molecule has 0 saturated heterocycles. The summed E-state index contributed by atoms with van der Waals surface area (Å²) < 4.78 is 0. The van der Waals surface area contributed by atoms with Crippen molar-refractivity contribution in [1.29, 1.82) is 0 Å². The Bertz CT molecular complexity index is 193. The lowest BCUT2D eigenvalue weighted by Gasteiger charge is -2.32. The summed E-state index contributed by atoms with van der Waals surface area (Å²) in [5.41, 5.74) is 0. The molecule has 0 saturated carbocycles. The van der Waals surface area contributed by atoms with Gasteiger partial charge in [-0.1, -0.05) is 25.3 Å². The zero-order valence-corrected chi connectivity index (χ0v) is 12.9. The van der Waals surface area contributed by atoms with E-state index in [1.807, 2.05) is 6.08 Å². The summed E-state index contributed by atoms with van der Waals surface area (Å²) >= 11 is 0. The van der Waals surface area contributed by atoms with Gasteiger partial charge in [0.2, 0.25) is 0 Å². The van der Waals surface area contributed by atoms with E-state index in [4.69, 9.17) is 0 Å². The van der Waals surface area contributed by atoms with E-state index in [9.17, 15) is 5.11 Å². The van der Waals surface area contributed by atoms with Crippen molar-refractivity contribution in [2.24, 2.45) is 0 Å². The molecule has 18 heavy (non-hydrogen) atoms. The van der Waals surface area contributed by atoms with Gasteiger partial charge < -0.3 is 5.11 Å². The zero-order chi connectivity index (χ0) is 14.0. The summed E-state index contributed by atoms with van der Waals surface area (Å²) in [6, 6.07) is 1.01. The monoisotopic (exact) mass is 255 g/mol. The van der Waals surface area contributed by atoms with E-state index in [1.165, 1.54) is 19.3 Å². The molecular weight excluding hydrogens is 222 g/mol. The van der Waals surface area contributed by atoms with E-state index >= 15 is 0 Å². The van der Waals surface area contributed by atoms with Crippen LogP contribution < -0.4 is 0 Å². The van der Waals surface area contributed by atoms with Crippen molar-refractivity contribution >= 4 is 0 Å². The summed E-state index contributed by atoms with van der Waals surface area (Å²) in [5.74, 6) is 0. The molecule has 1 atom stereocenters. The van der Waals surface area contributed by atoms with E-state index < -0.39 is 0 Å². The highest BCUT2D eigenvalue weighted by molar-refractivity contribution is 4.72. The number of rotatable bonds is 11. The van der Waals surface area contributed by atoms with Crippen molar-refractivity contribution in [2.45, 2.75) is 84.4 Å². The Hall–Kier alpha value is -0.340. The van der Waals surface area contributed by atoms with Gasteiger partial charge in [-0.15, -0.1) is 6.58 Å². The first-order valence-corrected chi connectivity index (χ1v) is 7.53. The van der Waals surface area contributed by atoms with Crippen LogP contribution in [0.25, 0.3) is 0 Å². The first-order valence-electron chi connectivity index (χ1n) is 7.53. The number of unbranched alkanes of at least 4 members (excludes halogenated alkanes) is 4. The van der Waals surface area contributed by atoms with Gasteiger partial charge in [0.15, 0.2) is 0 Å². The molecule has 108 valence electrons. The van der Waals surface area contributed by atoms with Gasteiger partial charge in [0.25, 0.3) is 0 Å². The topological polar surface area (TPSA) is 23.5 Å². The molecule has 0 aliphatic heterocycles. The summed E-state index contributed by atoms with van der Waals surface area (Å²) in [6.45, 7) is 13.3. The van der Waals surface area contributed by atoms with Crippen molar-refractivity contribution in [2.75, 3.05) is 6.54 Å². The standard InChI is InChI=1S/C16H33NO/c1-6-7-8-9-10-11-12-16(18)13-17(14(2)3)15(4)5/h6,14-16,18H,1,7-13H2,2-5H3. The maximum atomic E-state index is 10.1. The Labute approximate surface area is 114 Å². The summed E-state index contributed by atoms with van der Waals surface area (Å²) in [5, 5.41) is 10.1. The zero-order valence-electron chi connectivity index (χ0n) is 12.9. The maximum Gasteiger partial charge on any atom is 0.0667 e. The van der Waals surface area contributed by atoms with Crippen LogP contribution in [-0.2, 0) is 0 Å². The molecule has 0 bridgehead atoms. The van der Waals surface area contributed by atoms with Crippen LogP contribution >= 0.6 is 0 Å². The van der Waals surface area contributed by atoms with Crippen molar-refractivity contribution < 1.29 is 5.11 Å². The molecule has 0 aromatic carbocycles. The van der Waals surface area contributed by atoms with E-state index in [0.717, 1.165) is 25.8 Å². The minimum Gasteiger partial charge on any atom is -0.392 e. The van der Waals surface area contributed by atoms with Crippen LogP contribution in [0.1, 0.15) is 66.2 Å². The van der Waals surface area contributed by atoms with Crippen LogP contribution in [0.15, 0.2) is 12.7 Å². The van der Waals surface area contributed by atoms with Gasteiger partial charge in [0, 0.05) is 18.6 Å². The maximum absolute atomic E-state index is 10.1. The van der Waals surface area contributed by atoms with Crippen molar-refractivity contribution in [3.63, 3.8) is 0 Å².